The van der Waals surface area contributed by atoms with E-state index in [1.807, 2.05) is 0 Å². The van der Waals surface area contributed by atoms with E-state index in [9.17, 15) is 9.59 Å². The van der Waals surface area contributed by atoms with Gasteiger partial charge in [0.05, 0.1) is 0 Å². The number of hydrogen-bond acceptors (Lipinski definition) is 4. The van der Waals surface area contributed by atoms with E-state index in [-0.39, 0.29) is 5.75 Å². The van der Waals surface area contributed by atoms with E-state index in [0.29, 0.717) is 0 Å². The van der Waals surface area contributed by atoms with Gasteiger partial charge in [-0.1, -0.05) is 0 Å². The zero-order valence-corrected chi connectivity index (χ0v) is 7.41. The summed E-state index contributed by atoms with van der Waals surface area (Å²) in [6, 6.07) is -1.05. The number of amides is 1. The molecule has 0 rings (SSSR count). The molecule has 70 valence electrons. The number of carboxylic acids is 1. The molecule has 3 N–H and O–H groups in total. The van der Waals surface area contributed by atoms with Crippen LogP contribution in [0.5, 0.6) is 0 Å². The van der Waals surface area contributed by atoms with Crippen LogP contribution in [0.4, 0.5) is 0 Å². The maximum atomic E-state index is 10.8. The van der Waals surface area contributed by atoms with Crippen molar-refractivity contribution in [3.05, 3.63) is 0 Å². The molecular formula is C6H11NO4S. The minimum absolute atomic E-state index is 0.00616. The van der Waals surface area contributed by atoms with E-state index in [1.54, 1.807) is 0 Å². The Bertz CT molecular complexity index is 182. The standard InChI is InChI=1S/C6H11NO4S/c1-3(8)5(9)7-4(2-12)6(10)11/h3-4,8,12H,2H2,1H3,(H,7,9)(H,10,11)/t3?,4-/m0/s1. The number of nitrogens with one attached hydrogen (secondary N) is 1. The SMILES string of the molecule is CC(O)C(=O)N[C@@H](CS)C(=O)O. The number of carbonyl (C=O) groups is 2. The van der Waals surface area contributed by atoms with Crippen LogP contribution in [-0.4, -0.2) is 40.0 Å². The second-order valence-corrected chi connectivity index (χ2v) is 2.62. The second-order valence-electron chi connectivity index (χ2n) is 2.26. The Morgan fingerprint density at radius 1 is 1.58 bits per heavy atom. The predicted octanol–water partition coefficient (Wildman–Crippen LogP) is -1.13. The highest BCUT2D eigenvalue weighted by molar-refractivity contribution is 7.80. The highest BCUT2D eigenvalue weighted by Gasteiger charge is 2.19. The molecule has 0 aromatic carbocycles. The molecule has 0 aromatic rings. The van der Waals surface area contributed by atoms with Crippen molar-refractivity contribution in [3.63, 3.8) is 0 Å². The van der Waals surface area contributed by atoms with Crippen LogP contribution in [0.2, 0.25) is 0 Å². The average molecular weight is 193 g/mol. The Morgan fingerprint density at radius 3 is 2.33 bits per heavy atom. The third-order valence-corrected chi connectivity index (χ3v) is 1.54. The topological polar surface area (TPSA) is 86.6 Å². The molecule has 0 bridgehead atoms. The van der Waals surface area contributed by atoms with Gasteiger partial charge < -0.3 is 15.5 Å². The lowest BCUT2D eigenvalue weighted by molar-refractivity contribution is -0.142. The summed E-state index contributed by atoms with van der Waals surface area (Å²) >= 11 is 3.72. The van der Waals surface area contributed by atoms with Gasteiger partial charge in [-0.3, -0.25) is 4.79 Å². The highest BCUT2D eigenvalue weighted by atomic mass is 32.1. The Balaban J connectivity index is 4.03. The number of rotatable bonds is 4. The fraction of sp³-hybridized carbons (Fsp3) is 0.667. The fourth-order valence-electron chi connectivity index (χ4n) is 0.478. The quantitative estimate of drug-likeness (QED) is 0.425. The van der Waals surface area contributed by atoms with Gasteiger partial charge in [0.2, 0.25) is 5.91 Å². The second kappa shape index (κ2) is 5.00. The molecular weight excluding hydrogens is 182 g/mol. The van der Waals surface area contributed by atoms with Crippen molar-refractivity contribution in [1.29, 1.82) is 0 Å². The normalized spacial score (nSPS) is 14.9. The summed E-state index contributed by atoms with van der Waals surface area (Å²) in [5.74, 6) is -1.89. The van der Waals surface area contributed by atoms with Gasteiger partial charge in [0.25, 0.3) is 0 Å². The monoisotopic (exact) mass is 193 g/mol. The summed E-state index contributed by atoms with van der Waals surface area (Å²) < 4.78 is 0. The van der Waals surface area contributed by atoms with Crippen LogP contribution in [0.25, 0.3) is 0 Å². The first-order chi connectivity index (χ1) is 5.49. The van der Waals surface area contributed by atoms with Gasteiger partial charge in [0.1, 0.15) is 12.1 Å². The van der Waals surface area contributed by atoms with Gasteiger partial charge in [-0.15, -0.1) is 0 Å². The highest BCUT2D eigenvalue weighted by Crippen LogP contribution is 1.90. The van der Waals surface area contributed by atoms with Crippen molar-refractivity contribution in [2.24, 2.45) is 0 Å². The smallest absolute Gasteiger partial charge is 0.327 e. The Kier molecular flexibility index (Phi) is 4.68. The van der Waals surface area contributed by atoms with E-state index in [1.165, 1.54) is 6.92 Å². The summed E-state index contributed by atoms with van der Waals surface area (Å²) in [5.41, 5.74) is 0. The largest absolute Gasteiger partial charge is 0.480 e. The van der Waals surface area contributed by atoms with Crippen molar-refractivity contribution in [2.75, 3.05) is 5.75 Å². The Labute approximate surface area is 75.2 Å². The van der Waals surface area contributed by atoms with Crippen molar-refractivity contribution < 1.29 is 19.8 Å². The minimum atomic E-state index is -1.20. The van der Waals surface area contributed by atoms with Crippen molar-refractivity contribution >= 4 is 24.5 Å². The minimum Gasteiger partial charge on any atom is -0.480 e. The van der Waals surface area contributed by atoms with Gasteiger partial charge in [-0.25, -0.2) is 4.79 Å². The molecule has 12 heavy (non-hydrogen) atoms. The summed E-state index contributed by atoms with van der Waals surface area (Å²) in [6.45, 7) is 1.26. The molecule has 6 heteroatoms. The number of aliphatic hydroxyl groups excluding tert-OH is 1. The molecule has 0 spiro atoms. The van der Waals surface area contributed by atoms with Gasteiger partial charge in [-0.05, 0) is 6.92 Å². The maximum Gasteiger partial charge on any atom is 0.327 e. The lowest BCUT2D eigenvalue weighted by Gasteiger charge is -2.12. The number of carboxylic acid groups (broad SMARTS) is 1. The number of aliphatic hydroxyl groups is 1. The van der Waals surface area contributed by atoms with Crippen LogP contribution >= 0.6 is 12.6 Å². The zero-order valence-electron chi connectivity index (χ0n) is 6.52. The lowest BCUT2D eigenvalue weighted by atomic mass is 10.3. The molecule has 0 aliphatic carbocycles. The fourth-order valence-corrected chi connectivity index (χ4v) is 0.725. The Morgan fingerprint density at radius 2 is 2.08 bits per heavy atom. The van der Waals surface area contributed by atoms with Crippen LogP contribution in [0, 0.1) is 0 Å². The van der Waals surface area contributed by atoms with E-state index in [4.69, 9.17) is 10.2 Å². The first-order valence-corrected chi connectivity index (χ1v) is 3.94. The third-order valence-electron chi connectivity index (χ3n) is 1.18. The van der Waals surface area contributed by atoms with Gasteiger partial charge in [0.15, 0.2) is 0 Å². The maximum absolute atomic E-state index is 10.8. The van der Waals surface area contributed by atoms with Gasteiger partial charge in [-0.2, -0.15) is 12.6 Å². The van der Waals surface area contributed by atoms with Crippen molar-refractivity contribution in [3.8, 4) is 0 Å². The molecule has 0 aliphatic heterocycles. The molecule has 1 amide bonds. The summed E-state index contributed by atoms with van der Waals surface area (Å²) in [4.78, 5) is 21.1. The molecule has 0 aromatic heterocycles. The third kappa shape index (κ3) is 3.59. The van der Waals surface area contributed by atoms with E-state index >= 15 is 0 Å². The van der Waals surface area contributed by atoms with E-state index in [0.717, 1.165) is 0 Å². The molecule has 0 saturated heterocycles. The molecule has 0 fully saturated rings. The zero-order chi connectivity index (χ0) is 9.72. The number of carbonyl (C=O) groups excluding carboxylic acids is 1. The van der Waals surface area contributed by atoms with Crippen LogP contribution < -0.4 is 5.32 Å². The summed E-state index contributed by atoms with van der Waals surface area (Å²) in [5, 5.41) is 19.3. The van der Waals surface area contributed by atoms with E-state index in [2.05, 4.69) is 17.9 Å². The number of hydrogen-bond donors (Lipinski definition) is 4. The number of thiol groups is 1. The van der Waals surface area contributed by atoms with Crippen molar-refractivity contribution in [1.82, 2.24) is 5.32 Å². The molecule has 1 unspecified atom stereocenters. The molecule has 2 atom stereocenters. The Hall–Kier alpha value is -0.750. The van der Waals surface area contributed by atoms with Gasteiger partial charge in [0, 0.05) is 5.75 Å². The predicted molar refractivity (Wildman–Crippen MR) is 45.1 cm³/mol. The first kappa shape index (κ1) is 11.2. The number of aliphatic carboxylic acids is 1. The lowest BCUT2D eigenvalue weighted by Crippen LogP contribution is -2.45. The van der Waals surface area contributed by atoms with Crippen LogP contribution in [-0.2, 0) is 9.59 Å². The molecule has 0 aliphatic rings. The van der Waals surface area contributed by atoms with E-state index < -0.39 is 24.0 Å². The molecule has 0 saturated carbocycles. The van der Waals surface area contributed by atoms with Crippen LogP contribution in [0.3, 0.4) is 0 Å². The average Bonchev–Trinajstić information content (AvgIpc) is 1.98. The van der Waals surface area contributed by atoms with Crippen LogP contribution in [0.1, 0.15) is 6.92 Å². The van der Waals surface area contributed by atoms with Crippen molar-refractivity contribution in [2.45, 2.75) is 19.1 Å². The van der Waals surface area contributed by atoms with Gasteiger partial charge >= 0.3 is 5.97 Å². The molecule has 0 radical (unpaired) electrons. The molecule has 0 heterocycles. The first-order valence-electron chi connectivity index (χ1n) is 3.31. The summed E-state index contributed by atoms with van der Waals surface area (Å²) in [6.07, 6.45) is -1.20. The molecule has 5 nitrogen and oxygen atoms in total. The van der Waals surface area contributed by atoms with Crippen LogP contribution in [0.15, 0.2) is 0 Å². The summed E-state index contributed by atoms with van der Waals surface area (Å²) in [7, 11) is 0.